The molecule has 0 saturated heterocycles. The van der Waals surface area contributed by atoms with Gasteiger partial charge in [-0.2, -0.15) is 13.2 Å². The van der Waals surface area contributed by atoms with Gasteiger partial charge in [0.25, 0.3) is 0 Å². The summed E-state index contributed by atoms with van der Waals surface area (Å²) in [5, 5.41) is 6.11. The molecule has 0 saturated carbocycles. The monoisotopic (exact) mass is 373 g/mol. The second-order valence-electron chi connectivity index (χ2n) is 6.12. The van der Waals surface area contributed by atoms with Gasteiger partial charge in [-0.25, -0.2) is 0 Å². The van der Waals surface area contributed by atoms with Crippen molar-refractivity contribution in [3.63, 3.8) is 0 Å². The lowest BCUT2D eigenvalue weighted by molar-refractivity contribution is -0.144. The van der Waals surface area contributed by atoms with Crippen LogP contribution in [-0.4, -0.2) is 39.2 Å². The lowest BCUT2D eigenvalue weighted by Crippen LogP contribution is -2.41. The molecule has 0 aromatic heterocycles. The van der Waals surface area contributed by atoms with E-state index in [2.05, 4.69) is 20.4 Å². The van der Waals surface area contributed by atoms with Gasteiger partial charge in [0, 0.05) is 20.1 Å². The quantitative estimate of drug-likeness (QED) is 0.438. The molecule has 0 radical (unpaired) electrons. The highest BCUT2D eigenvalue weighted by Gasteiger charge is 2.30. The number of benzene rings is 1. The van der Waals surface area contributed by atoms with E-state index in [1.165, 1.54) is 19.2 Å². The predicted octanol–water partition coefficient (Wildman–Crippen LogP) is 3.17. The summed E-state index contributed by atoms with van der Waals surface area (Å²) in [5.41, 5.74) is 0.00738. The molecule has 0 aliphatic heterocycles. The van der Waals surface area contributed by atoms with Gasteiger partial charge in [0.05, 0.1) is 18.6 Å². The molecule has 0 spiro atoms. The fourth-order valence-electron chi connectivity index (χ4n) is 2.35. The Bertz CT molecular complexity index is 618. The largest absolute Gasteiger partial charge is 0.469 e. The smallest absolute Gasteiger partial charge is 0.416 e. The van der Waals surface area contributed by atoms with Gasteiger partial charge in [-0.1, -0.05) is 32.0 Å². The van der Waals surface area contributed by atoms with E-state index in [1.807, 2.05) is 6.92 Å². The van der Waals surface area contributed by atoms with E-state index in [-0.39, 0.29) is 17.8 Å². The Kier molecular flexibility index (Phi) is 8.41. The van der Waals surface area contributed by atoms with Crippen molar-refractivity contribution in [2.45, 2.75) is 32.4 Å². The van der Waals surface area contributed by atoms with E-state index in [1.54, 1.807) is 20.0 Å². The maximum Gasteiger partial charge on any atom is 0.416 e. The van der Waals surface area contributed by atoms with Crippen molar-refractivity contribution in [3.05, 3.63) is 35.4 Å². The number of hydrogen-bond donors (Lipinski definition) is 2. The summed E-state index contributed by atoms with van der Waals surface area (Å²) in [6.45, 7) is 4.52. The Balaban J connectivity index is 2.49. The molecular weight excluding hydrogens is 347 g/mol. The number of nitrogens with zero attached hydrogens (tertiary/aromatic N) is 1. The molecule has 0 bridgehead atoms. The lowest BCUT2D eigenvalue weighted by atomic mass is 9.96. The second kappa shape index (κ2) is 10.0. The fraction of sp³-hybridized carbons (Fsp3) is 0.556. The summed E-state index contributed by atoms with van der Waals surface area (Å²) < 4.78 is 43.0. The molecule has 2 unspecified atom stereocenters. The minimum atomic E-state index is -4.34. The van der Waals surface area contributed by atoms with Crippen LogP contribution < -0.4 is 10.6 Å². The molecule has 0 aliphatic carbocycles. The van der Waals surface area contributed by atoms with Crippen molar-refractivity contribution >= 4 is 11.9 Å². The number of methoxy groups -OCH3 is 1. The topological polar surface area (TPSA) is 62.7 Å². The summed E-state index contributed by atoms with van der Waals surface area (Å²) in [5.74, 6) is -0.150. The van der Waals surface area contributed by atoms with Crippen molar-refractivity contribution < 1.29 is 22.7 Å². The Morgan fingerprint density at radius 1 is 1.27 bits per heavy atom. The van der Waals surface area contributed by atoms with Gasteiger partial charge in [0.2, 0.25) is 0 Å². The molecule has 0 heterocycles. The Morgan fingerprint density at radius 3 is 2.54 bits per heavy atom. The van der Waals surface area contributed by atoms with Crippen molar-refractivity contribution in [3.8, 4) is 0 Å². The molecule has 2 N–H and O–H groups in total. The highest BCUT2D eigenvalue weighted by Crippen LogP contribution is 2.31. The molecule has 0 amide bonds. The van der Waals surface area contributed by atoms with Gasteiger partial charge in [-0.05, 0) is 24.0 Å². The zero-order chi connectivity index (χ0) is 19.7. The Morgan fingerprint density at radius 2 is 1.96 bits per heavy atom. The second-order valence-corrected chi connectivity index (χ2v) is 6.12. The molecule has 0 fully saturated rings. The number of esters is 1. The van der Waals surface area contributed by atoms with Gasteiger partial charge >= 0.3 is 12.1 Å². The number of alkyl halides is 3. The van der Waals surface area contributed by atoms with Crippen LogP contribution in [0.2, 0.25) is 0 Å². The number of carbonyl (C=O) groups excluding carboxylic acids is 1. The highest BCUT2D eigenvalue weighted by molar-refractivity contribution is 5.80. The SMILES string of the molecule is CN=C(NCCC(C)c1cccc(C(F)(F)F)c1)NCC(C)C(=O)OC. The molecule has 8 heteroatoms. The average molecular weight is 373 g/mol. The standard InChI is InChI=1S/C18H26F3N3O2/c1-12(14-6-5-7-15(10-14)18(19,20)21)8-9-23-17(22-3)24-11-13(2)16(25)26-4/h5-7,10,12-13H,8-9,11H2,1-4H3,(H2,22,23,24). The molecule has 146 valence electrons. The van der Waals surface area contributed by atoms with Crippen molar-refractivity contribution in [1.82, 2.24) is 10.6 Å². The minimum absolute atomic E-state index is 0.0445. The molecule has 1 aromatic rings. The first-order valence-corrected chi connectivity index (χ1v) is 8.38. The predicted molar refractivity (Wildman–Crippen MR) is 95.0 cm³/mol. The van der Waals surface area contributed by atoms with Crippen LogP contribution in [0.15, 0.2) is 29.3 Å². The first-order chi connectivity index (χ1) is 12.2. The fourth-order valence-corrected chi connectivity index (χ4v) is 2.35. The third kappa shape index (κ3) is 6.93. The normalized spacial score (nSPS) is 14.5. The van der Waals surface area contributed by atoms with E-state index >= 15 is 0 Å². The zero-order valence-corrected chi connectivity index (χ0v) is 15.5. The molecule has 5 nitrogen and oxygen atoms in total. The summed E-state index contributed by atoms with van der Waals surface area (Å²) in [4.78, 5) is 15.4. The van der Waals surface area contributed by atoms with Gasteiger partial charge in [-0.15, -0.1) is 0 Å². The van der Waals surface area contributed by atoms with Crippen molar-refractivity contribution in [2.75, 3.05) is 27.2 Å². The van der Waals surface area contributed by atoms with E-state index in [0.29, 0.717) is 31.0 Å². The van der Waals surface area contributed by atoms with Crippen LogP contribution in [0, 0.1) is 5.92 Å². The van der Waals surface area contributed by atoms with Gasteiger partial charge in [0.15, 0.2) is 5.96 Å². The highest BCUT2D eigenvalue weighted by atomic mass is 19.4. The number of guanidine groups is 1. The number of carbonyl (C=O) groups is 1. The van der Waals surface area contributed by atoms with Crippen molar-refractivity contribution in [1.29, 1.82) is 0 Å². The summed E-state index contributed by atoms with van der Waals surface area (Å²) in [7, 11) is 2.94. The molecule has 0 aliphatic rings. The molecule has 1 aromatic carbocycles. The molecule has 26 heavy (non-hydrogen) atoms. The number of aliphatic imine (C=N–C) groups is 1. The molecule has 1 rings (SSSR count). The average Bonchev–Trinajstić information content (AvgIpc) is 2.62. The van der Waals surface area contributed by atoms with Crippen molar-refractivity contribution in [2.24, 2.45) is 10.9 Å². The van der Waals surface area contributed by atoms with Gasteiger partial charge < -0.3 is 15.4 Å². The van der Waals surface area contributed by atoms with Gasteiger partial charge in [-0.3, -0.25) is 9.79 Å². The first kappa shape index (κ1) is 21.8. The third-order valence-corrected chi connectivity index (χ3v) is 4.06. The maximum absolute atomic E-state index is 12.8. The van der Waals surface area contributed by atoms with E-state index < -0.39 is 11.7 Å². The van der Waals surface area contributed by atoms with Crippen LogP contribution in [0.25, 0.3) is 0 Å². The molecule has 2 atom stereocenters. The van der Waals surface area contributed by atoms with Crippen LogP contribution in [0.4, 0.5) is 13.2 Å². The van der Waals surface area contributed by atoms with Crippen LogP contribution in [0.1, 0.15) is 37.3 Å². The number of hydrogen-bond acceptors (Lipinski definition) is 3. The Hall–Kier alpha value is -2.25. The van der Waals surface area contributed by atoms with Crippen LogP contribution >= 0.6 is 0 Å². The van der Waals surface area contributed by atoms with Crippen LogP contribution in [0.3, 0.4) is 0 Å². The summed E-state index contributed by atoms with van der Waals surface area (Å²) >= 11 is 0. The van der Waals surface area contributed by atoms with E-state index in [9.17, 15) is 18.0 Å². The number of halogens is 3. The molecular formula is C18H26F3N3O2. The number of rotatable bonds is 7. The number of ether oxygens (including phenoxy) is 1. The van der Waals surface area contributed by atoms with Gasteiger partial charge in [0.1, 0.15) is 0 Å². The number of nitrogens with one attached hydrogen (secondary N) is 2. The third-order valence-electron chi connectivity index (χ3n) is 4.06. The Labute approximate surface area is 152 Å². The van der Waals surface area contributed by atoms with E-state index in [4.69, 9.17) is 0 Å². The maximum atomic E-state index is 12.8. The van der Waals surface area contributed by atoms with Crippen LogP contribution in [-0.2, 0) is 15.7 Å². The zero-order valence-electron chi connectivity index (χ0n) is 15.5. The van der Waals surface area contributed by atoms with E-state index in [0.717, 1.165) is 6.07 Å². The summed E-state index contributed by atoms with van der Waals surface area (Å²) in [6.07, 6.45) is -3.70. The minimum Gasteiger partial charge on any atom is -0.469 e. The first-order valence-electron chi connectivity index (χ1n) is 8.38. The van der Waals surface area contributed by atoms with Crippen LogP contribution in [0.5, 0.6) is 0 Å². The lowest BCUT2D eigenvalue weighted by Gasteiger charge is -2.17. The summed E-state index contributed by atoms with van der Waals surface area (Å²) in [6, 6.07) is 5.39.